The minimum atomic E-state index is -4.53. The molecule has 0 radical (unpaired) electrons. The smallest absolute Gasteiger partial charge is 0.404 e. The molecule has 0 amide bonds. The molecule has 0 aliphatic carbocycles. The van der Waals surface area contributed by atoms with E-state index in [9.17, 15) is 22.2 Å². The molecule has 2 unspecified atom stereocenters. The molecule has 0 saturated heterocycles. The van der Waals surface area contributed by atoms with E-state index in [1.807, 2.05) is 4.72 Å². The van der Waals surface area contributed by atoms with Gasteiger partial charge in [-0.25, -0.2) is 13.7 Å². The highest BCUT2D eigenvalue weighted by Crippen LogP contribution is 2.21. The number of aromatic nitrogens is 1. The average Bonchev–Trinajstić information content (AvgIpc) is 2.81. The van der Waals surface area contributed by atoms with Gasteiger partial charge in [0.05, 0.1) is 18.6 Å². The number of carbonyl (C=O) groups excluding carboxylic acids is 1. The summed E-state index contributed by atoms with van der Waals surface area (Å²) in [6.45, 7) is 0.841. The molecule has 0 aliphatic heterocycles. The first-order chi connectivity index (χ1) is 9.70. The van der Waals surface area contributed by atoms with E-state index >= 15 is 0 Å². The van der Waals surface area contributed by atoms with Gasteiger partial charge in [0.15, 0.2) is 0 Å². The summed E-state index contributed by atoms with van der Waals surface area (Å²) in [4.78, 5) is 11.5. The Morgan fingerprint density at radius 2 is 2.24 bits per heavy atom. The number of methoxy groups -OCH3 is 1. The molecular formula is C12H13F3N2O3S. The Hall–Kier alpha value is -1.79. The van der Waals surface area contributed by atoms with Crippen LogP contribution in [0.5, 0.6) is 0 Å². The first-order valence-electron chi connectivity index (χ1n) is 5.67. The van der Waals surface area contributed by atoms with Crippen molar-refractivity contribution in [2.45, 2.75) is 30.6 Å². The largest absolute Gasteiger partial charge is 0.464 e. The fourth-order valence-corrected chi connectivity index (χ4v) is 2.42. The summed E-state index contributed by atoms with van der Waals surface area (Å²) in [5.74, 6) is 1.55. The minimum Gasteiger partial charge on any atom is -0.464 e. The normalized spacial score (nSPS) is 14.3. The molecule has 0 aromatic carbocycles. The zero-order valence-corrected chi connectivity index (χ0v) is 12.0. The molecule has 116 valence electrons. The van der Waals surface area contributed by atoms with Gasteiger partial charge in [-0.2, -0.15) is 13.2 Å². The van der Waals surface area contributed by atoms with Gasteiger partial charge in [0.1, 0.15) is 22.7 Å². The van der Waals surface area contributed by atoms with Crippen molar-refractivity contribution >= 4 is 17.0 Å². The van der Waals surface area contributed by atoms with Gasteiger partial charge in [0, 0.05) is 6.20 Å². The summed E-state index contributed by atoms with van der Waals surface area (Å²) in [5, 5.41) is 0. The number of nitrogens with zero attached hydrogens (tertiary/aromatic N) is 1. The van der Waals surface area contributed by atoms with Crippen molar-refractivity contribution in [1.82, 2.24) is 9.29 Å². The van der Waals surface area contributed by atoms with E-state index < -0.39 is 29.2 Å². The number of nitrogens with one attached hydrogen (secondary N) is 1. The average molecular weight is 322 g/mol. The van der Waals surface area contributed by atoms with Crippen molar-refractivity contribution in [3.8, 4) is 12.3 Å². The molecule has 0 saturated carbocycles. The number of ether oxygens (including phenoxy) is 1. The van der Waals surface area contributed by atoms with Crippen LogP contribution in [0.3, 0.4) is 0 Å². The van der Waals surface area contributed by atoms with Crippen LogP contribution in [0.4, 0.5) is 13.2 Å². The van der Waals surface area contributed by atoms with Gasteiger partial charge in [-0.05, 0) is 13.0 Å². The fraction of sp³-hybridized carbons (Fsp3) is 0.417. The molecule has 2 atom stereocenters. The Bertz CT molecular complexity index is 590. The maximum atomic E-state index is 12.4. The Morgan fingerprint density at radius 3 is 2.71 bits per heavy atom. The Balaban J connectivity index is 3.01. The summed E-state index contributed by atoms with van der Waals surface area (Å²) < 4.78 is 56.8. The van der Waals surface area contributed by atoms with Crippen LogP contribution in [-0.2, 0) is 22.3 Å². The van der Waals surface area contributed by atoms with E-state index in [2.05, 4.69) is 10.7 Å². The topological polar surface area (TPSA) is 60.3 Å². The lowest BCUT2D eigenvalue weighted by atomic mass is 10.4. The molecule has 0 aliphatic rings. The van der Waals surface area contributed by atoms with Gasteiger partial charge >= 0.3 is 12.1 Å². The summed E-state index contributed by atoms with van der Waals surface area (Å²) in [6.07, 6.45) is 1.85. The number of halogens is 3. The number of terminal acetylenes is 1. The van der Waals surface area contributed by atoms with E-state index in [0.29, 0.717) is 0 Å². The maximum absolute atomic E-state index is 12.4. The van der Waals surface area contributed by atoms with Crippen LogP contribution in [-0.4, -0.2) is 34.1 Å². The van der Waals surface area contributed by atoms with Gasteiger partial charge in [-0.3, -0.25) is 0 Å². The van der Waals surface area contributed by atoms with Crippen LogP contribution in [0.2, 0.25) is 0 Å². The lowest BCUT2D eigenvalue weighted by molar-refractivity contribution is -0.146. The molecule has 9 heteroatoms. The first-order valence-corrected chi connectivity index (χ1v) is 6.82. The number of rotatable bonds is 5. The van der Waals surface area contributed by atoms with Gasteiger partial charge in [0.25, 0.3) is 0 Å². The second-order valence-electron chi connectivity index (χ2n) is 4.03. The predicted octanol–water partition coefficient (Wildman–Crippen LogP) is 1.47. The highest BCUT2D eigenvalue weighted by atomic mass is 32.2. The van der Waals surface area contributed by atoms with Crippen LogP contribution < -0.4 is 4.72 Å². The van der Waals surface area contributed by atoms with Crippen molar-refractivity contribution in [2.24, 2.45) is 0 Å². The van der Waals surface area contributed by atoms with Crippen LogP contribution in [0.25, 0.3) is 0 Å². The van der Waals surface area contributed by atoms with Crippen LogP contribution >= 0.6 is 0 Å². The standard InChI is InChI=1S/C12H13F3N2O3S/c1-4-5-17-7-9(6-10(17)11(18)20-3)21(19)16-8(2)12(13,14)15/h1,6-8,16H,5H2,2-3H3. The number of hydrogen-bond acceptors (Lipinski definition) is 3. The van der Waals surface area contributed by atoms with Gasteiger partial charge in [-0.15, -0.1) is 6.42 Å². The first kappa shape index (κ1) is 17.3. The molecule has 0 bridgehead atoms. The van der Waals surface area contributed by atoms with Crippen LogP contribution in [0.1, 0.15) is 17.4 Å². The zero-order valence-electron chi connectivity index (χ0n) is 11.2. The van der Waals surface area contributed by atoms with Crippen molar-refractivity contribution < 1.29 is 26.9 Å². The molecule has 0 fully saturated rings. The van der Waals surface area contributed by atoms with Crippen molar-refractivity contribution in [3.05, 3.63) is 18.0 Å². The van der Waals surface area contributed by atoms with Crippen LogP contribution in [0, 0.1) is 12.3 Å². The Kier molecular flexibility index (Phi) is 5.57. The third-order valence-electron chi connectivity index (χ3n) is 2.52. The molecular weight excluding hydrogens is 309 g/mol. The van der Waals surface area contributed by atoms with E-state index in [-0.39, 0.29) is 17.1 Å². The molecule has 21 heavy (non-hydrogen) atoms. The molecule has 1 rings (SSSR count). The monoisotopic (exact) mass is 322 g/mol. The SMILES string of the molecule is C#CCn1cc(S(=O)NC(C)C(F)(F)F)cc1C(=O)OC. The van der Waals surface area contributed by atoms with Gasteiger partial charge < -0.3 is 9.30 Å². The lowest BCUT2D eigenvalue weighted by Crippen LogP contribution is -2.40. The Labute approximate surface area is 122 Å². The molecule has 5 nitrogen and oxygen atoms in total. The number of alkyl halides is 3. The quantitative estimate of drug-likeness (QED) is 0.660. The summed E-state index contributed by atoms with van der Waals surface area (Å²) >= 11 is 0. The van der Waals surface area contributed by atoms with Crippen molar-refractivity contribution in [1.29, 1.82) is 0 Å². The Morgan fingerprint density at radius 1 is 1.62 bits per heavy atom. The lowest BCUT2D eigenvalue weighted by Gasteiger charge is -2.15. The van der Waals surface area contributed by atoms with E-state index in [1.165, 1.54) is 16.8 Å². The van der Waals surface area contributed by atoms with E-state index in [0.717, 1.165) is 14.0 Å². The second kappa shape index (κ2) is 6.78. The number of carbonyl (C=O) groups is 1. The summed E-state index contributed by atoms with van der Waals surface area (Å²) in [7, 11) is -0.990. The van der Waals surface area contributed by atoms with E-state index in [4.69, 9.17) is 6.42 Å². The molecule has 1 aromatic heterocycles. The number of esters is 1. The third-order valence-corrected chi connectivity index (χ3v) is 3.74. The molecule has 0 spiro atoms. The van der Waals surface area contributed by atoms with Gasteiger partial charge in [-0.1, -0.05) is 5.92 Å². The zero-order chi connectivity index (χ0) is 16.2. The number of hydrogen-bond donors (Lipinski definition) is 1. The van der Waals surface area contributed by atoms with E-state index in [1.54, 1.807) is 0 Å². The molecule has 1 N–H and O–H groups in total. The summed E-state index contributed by atoms with van der Waals surface area (Å²) in [6, 6.07) is -0.786. The molecule has 1 heterocycles. The highest BCUT2D eigenvalue weighted by Gasteiger charge is 2.37. The summed E-state index contributed by atoms with van der Waals surface area (Å²) in [5.41, 5.74) is 0.0141. The van der Waals surface area contributed by atoms with Crippen molar-refractivity contribution in [3.63, 3.8) is 0 Å². The highest BCUT2D eigenvalue weighted by molar-refractivity contribution is 7.83. The van der Waals surface area contributed by atoms with Gasteiger partial charge in [0.2, 0.25) is 0 Å². The maximum Gasteiger partial charge on any atom is 0.404 e. The fourth-order valence-electron chi connectivity index (χ4n) is 1.38. The minimum absolute atomic E-state index is 0.00162. The second-order valence-corrected chi connectivity index (χ2v) is 5.28. The third kappa shape index (κ3) is 4.34. The van der Waals surface area contributed by atoms with Crippen molar-refractivity contribution in [2.75, 3.05) is 7.11 Å². The molecule has 1 aromatic rings. The van der Waals surface area contributed by atoms with Crippen LogP contribution in [0.15, 0.2) is 17.2 Å². The predicted molar refractivity (Wildman–Crippen MR) is 69.7 cm³/mol.